The lowest BCUT2D eigenvalue weighted by Gasteiger charge is -2.19. The number of aromatic amines is 1. The van der Waals surface area contributed by atoms with Gasteiger partial charge in [0.1, 0.15) is 17.4 Å². The number of nitrogens with zero attached hydrogens (tertiary/aromatic N) is 2. The van der Waals surface area contributed by atoms with Crippen LogP contribution in [-0.2, 0) is 0 Å². The standard InChI is InChI=1S/C13H14ClN3O2/c1-17(11-9-15-16-13(18)12(11)14)7-8-19-10-5-3-2-4-6-10/h2-6,9H,7-8H2,1H3,(H,16,18). The number of hydrogen-bond donors (Lipinski definition) is 1. The van der Waals surface area contributed by atoms with Crippen LogP contribution in [-0.4, -0.2) is 30.4 Å². The Balaban J connectivity index is 1.93. The summed E-state index contributed by atoms with van der Waals surface area (Å²) in [6.07, 6.45) is 1.52. The van der Waals surface area contributed by atoms with E-state index in [-0.39, 0.29) is 5.02 Å². The van der Waals surface area contributed by atoms with Crippen molar-refractivity contribution in [1.82, 2.24) is 10.2 Å². The van der Waals surface area contributed by atoms with Crippen LogP contribution >= 0.6 is 11.6 Å². The Bertz CT molecular complexity index is 586. The molecule has 0 saturated heterocycles. The Hall–Kier alpha value is -2.01. The van der Waals surface area contributed by atoms with Crippen LogP contribution in [0.25, 0.3) is 0 Å². The quantitative estimate of drug-likeness (QED) is 0.909. The minimum Gasteiger partial charge on any atom is -0.492 e. The van der Waals surface area contributed by atoms with E-state index in [1.807, 2.05) is 42.3 Å². The number of likely N-dealkylation sites (N-methyl/N-ethyl adjacent to an activating group) is 1. The Labute approximate surface area is 115 Å². The topological polar surface area (TPSA) is 58.2 Å². The largest absolute Gasteiger partial charge is 0.492 e. The van der Waals surface area contributed by atoms with E-state index in [9.17, 15) is 4.79 Å². The summed E-state index contributed by atoms with van der Waals surface area (Å²) < 4.78 is 5.58. The first-order valence-electron chi connectivity index (χ1n) is 5.80. The molecule has 0 aliphatic carbocycles. The van der Waals surface area contributed by atoms with Gasteiger partial charge in [0, 0.05) is 7.05 Å². The summed E-state index contributed by atoms with van der Waals surface area (Å²) in [5.74, 6) is 0.811. The van der Waals surface area contributed by atoms with Crippen molar-refractivity contribution in [2.45, 2.75) is 0 Å². The summed E-state index contributed by atoms with van der Waals surface area (Å²) in [7, 11) is 1.83. The molecule has 0 bridgehead atoms. The molecule has 0 aliphatic rings. The number of benzene rings is 1. The summed E-state index contributed by atoms with van der Waals surface area (Å²) in [6, 6.07) is 9.54. The van der Waals surface area contributed by atoms with Crippen molar-refractivity contribution >= 4 is 17.3 Å². The van der Waals surface area contributed by atoms with Crippen molar-refractivity contribution < 1.29 is 4.74 Å². The zero-order chi connectivity index (χ0) is 13.7. The van der Waals surface area contributed by atoms with Crippen LogP contribution in [0.3, 0.4) is 0 Å². The number of H-pyrrole nitrogens is 1. The highest BCUT2D eigenvalue weighted by Crippen LogP contribution is 2.18. The van der Waals surface area contributed by atoms with Gasteiger partial charge in [-0.2, -0.15) is 5.10 Å². The second-order valence-electron chi connectivity index (χ2n) is 3.98. The zero-order valence-corrected chi connectivity index (χ0v) is 11.2. The van der Waals surface area contributed by atoms with E-state index < -0.39 is 5.56 Å². The molecule has 2 aromatic rings. The van der Waals surface area contributed by atoms with Crippen LogP contribution in [0.4, 0.5) is 5.69 Å². The van der Waals surface area contributed by atoms with Gasteiger partial charge >= 0.3 is 0 Å². The number of para-hydroxylation sites is 1. The molecule has 1 N–H and O–H groups in total. The fourth-order valence-corrected chi connectivity index (χ4v) is 1.81. The Morgan fingerprint density at radius 3 is 2.84 bits per heavy atom. The highest BCUT2D eigenvalue weighted by atomic mass is 35.5. The number of hydrogen-bond acceptors (Lipinski definition) is 4. The van der Waals surface area contributed by atoms with Gasteiger partial charge in [0.15, 0.2) is 0 Å². The number of anilines is 1. The summed E-state index contributed by atoms with van der Waals surface area (Å²) in [5, 5.41) is 6.15. The molecule has 2 rings (SSSR count). The third-order valence-corrected chi connectivity index (χ3v) is 2.99. The van der Waals surface area contributed by atoms with E-state index in [0.717, 1.165) is 5.75 Å². The van der Waals surface area contributed by atoms with Gasteiger partial charge < -0.3 is 9.64 Å². The minimum absolute atomic E-state index is 0.136. The molecule has 1 aromatic heterocycles. The molecule has 1 heterocycles. The monoisotopic (exact) mass is 279 g/mol. The maximum Gasteiger partial charge on any atom is 0.285 e. The molecule has 6 heteroatoms. The van der Waals surface area contributed by atoms with Crippen molar-refractivity contribution in [1.29, 1.82) is 0 Å². The number of nitrogens with one attached hydrogen (secondary N) is 1. The van der Waals surface area contributed by atoms with Crippen LogP contribution in [0.5, 0.6) is 5.75 Å². The number of halogens is 1. The molecule has 5 nitrogen and oxygen atoms in total. The predicted molar refractivity (Wildman–Crippen MR) is 75.1 cm³/mol. The molecule has 0 radical (unpaired) electrons. The van der Waals surface area contributed by atoms with Crippen molar-refractivity contribution in [3.8, 4) is 5.75 Å². The van der Waals surface area contributed by atoms with E-state index in [1.165, 1.54) is 6.20 Å². The molecule has 0 fully saturated rings. The van der Waals surface area contributed by atoms with Gasteiger partial charge in [-0.15, -0.1) is 0 Å². The highest BCUT2D eigenvalue weighted by molar-refractivity contribution is 6.32. The number of aromatic nitrogens is 2. The van der Waals surface area contributed by atoms with Crippen LogP contribution in [0.2, 0.25) is 5.02 Å². The molecule has 0 amide bonds. The molecule has 0 saturated carbocycles. The molecule has 0 spiro atoms. The van der Waals surface area contributed by atoms with Gasteiger partial charge in [0.2, 0.25) is 0 Å². The average Bonchev–Trinajstić information content (AvgIpc) is 2.43. The summed E-state index contributed by atoms with van der Waals surface area (Å²) in [5.41, 5.74) is 0.192. The molecule has 0 atom stereocenters. The van der Waals surface area contributed by atoms with Crippen LogP contribution in [0.15, 0.2) is 41.3 Å². The number of rotatable bonds is 5. The molecular weight excluding hydrogens is 266 g/mol. The van der Waals surface area contributed by atoms with Crippen LogP contribution < -0.4 is 15.2 Å². The second kappa shape index (κ2) is 6.24. The summed E-state index contributed by atoms with van der Waals surface area (Å²) >= 11 is 5.92. The molecular formula is C13H14ClN3O2. The van der Waals surface area contributed by atoms with E-state index in [1.54, 1.807) is 0 Å². The lowest BCUT2D eigenvalue weighted by atomic mass is 10.3. The molecule has 0 aliphatic heterocycles. The SMILES string of the molecule is CN(CCOc1ccccc1)c1cn[nH]c(=O)c1Cl. The van der Waals surface area contributed by atoms with Gasteiger partial charge in [0.05, 0.1) is 18.4 Å². The fourth-order valence-electron chi connectivity index (χ4n) is 1.58. The van der Waals surface area contributed by atoms with E-state index >= 15 is 0 Å². The average molecular weight is 280 g/mol. The normalized spacial score (nSPS) is 10.2. The van der Waals surface area contributed by atoms with Crippen molar-refractivity contribution in [3.05, 3.63) is 51.9 Å². The molecule has 100 valence electrons. The first kappa shape index (κ1) is 13.4. The first-order valence-corrected chi connectivity index (χ1v) is 6.18. The fraction of sp³-hybridized carbons (Fsp3) is 0.231. The third-order valence-electron chi connectivity index (χ3n) is 2.63. The highest BCUT2D eigenvalue weighted by Gasteiger charge is 2.09. The van der Waals surface area contributed by atoms with Crippen molar-refractivity contribution in [2.24, 2.45) is 0 Å². The Morgan fingerprint density at radius 1 is 1.37 bits per heavy atom. The van der Waals surface area contributed by atoms with E-state index in [2.05, 4.69) is 10.2 Å². The van der Waals surface area contributed by atoms with Gasteiger partial charge in [-0.05, 0) is 12.1 Å². The smallest absolute Gasteiger partial charge is 0.285 e. The Morgan fingerprint density at radius 2 is 2.11 bits per heavy atom. The van der Waals surface area contributed by atoms with E-state index in [0.29, 0.717) is 18.8 Å². The minimum atomic E-state index is -0.394. The van der Waals surface area contributed by atoms with Gasteiger partial charge in [-0.1, -0.05) is 29.8 Å². The van der Waals surface area contributed by atoms with Gasteiger partial charge in [0.25, 0.3) is 5.56 Å². The van der Waals surface area contributed by atoms with E-state index in [4.69, 9.17) is 16.3 Å². The molecule has 19 heavy (non-hydrogen) atoms. The van der Waals surface area contributed by atoms with Crippen LogP contribution in [0, 0.1) is 0 Å². The van der Waals surface area contributed by atoms with Crippen LogP contribution in [0.1, 0.15) is 0 Å². The maximum atomic E-state index is 11.3. The predicted octanol–water partition coefficient (Wildman–Crippen LogP) is 1.94. The number of ether oxygens (including phenoxy) is 1. The van der Waals surface area contributed by atoms with Crippen molar-refractivity contribution in [2.75, 3.05) is 25.1 Å². The lowest BCUT2D eigenvalue weighted by Crippen LogP contribution is -2.26. The van der Waals surface area contributed by atoms with Gasteiger partial charge in [-0.25, -0.2) is 5.10 Å². The molecule has 0 unspecified atom stereocenters. The lowest BCUT2D eigenvalue weighted by molar-refractivity contribution is 0.326. The third kappa shape index (κ3) is 3.48. The Kier molecular flexibility index (Phi) is 4.41. The summed E-state index contributed by atoms with van der Waals surface area (Å²) in [4.78, 5) is 13.2. The summed E-state index contributed by atoms with van der Waals surface area (Å²) in [6.45, 7) is 1.09. The maximum absolute atomic E-state index is 11.3. The van der Waals surface area contributed by atoms with Crippen molar-refractivity contribution in [3.63, 3.8) is 0 Å². The first-order chi connectivity index (χ1) is 9.18. The van der Waals surface area contributed by atoms with Gasteiger partial charge in [-0.3, -0.25) is 4.79 Å². The zero-order valence-electron chi connectivity index (χ0n) is 10.5. The molecule has 1 aromatic carbocycles. The second-order valence-corrected chi connectivity index (χ2v) is 4.36.